The number of carbonyl (C=O) groups excluding carboxylic acids is 3. The molecule has 0 aromatic heterocycles. The lowest BCUT2D eigenvalue weighted by Crippen LogP contribution is -2.53. The molecule has 1 saturated heterocycles. The second-order valence-corrected chi connectivity index (χ2v) is 10.5. The minimum atomic E-state index is -4.97. The zero-order valence-electron chi connectivity index (χ0n) is 21.8. The first kappa shape index (κ1) is 32.4. The van der Waals surface area contributed by atoms with Gasteiger partial charge in [0.25, 0.3) is 11.8 Å². The molecule has 2 aliphatic heterocycles. The summed E-state index contributed by atoms with van der Waals surface area (Å²) in [6.45, 7) is 6.83. The maximum absolute atomic E-state index is 15.6. The van der Waals surface area contributed by atoms with Crippen molar-refractivity contribution >= 4 is 26.0 Å². The Balaban J connectivity index is 2.13. The van der Waals surface area contributed by atoms with Gasteiger partial charge in [0.05, 0.1) is 12.2 Å². The first-order valence-corrected chi connectivity index (χ1v) is 12.8. The molecule has 2 rings (SSSR count). The Morgan fingerprint density at radius 3 is 2.13 bits per heavy atom. The number of carbonyl (C=O) groups is 3. The monoisotopic (exact) mass is 588 g/mol. The summed E-state index contributed by atoms with van der Waals surface area (Å²) < 4.78 is 81.8. The van der Waals surface area contributed by atoms with E-state index in [1.807, 2.05) is 0 Å². The number of aliphatic hydroxyl groups is 1. The van der Waals surface area contributed by atoms with Crippen molar-refractivity contribution in [3.05, 3.63) is 24.7 Å². The molecule has 0 spiro atoms. The van der Waals surface area contributed by atoms with Crippen LogP contribution in [0.3, 0.4) is 0 Å². The Morgan fingerprint density at radius 2 is 1.67 bits per heavy atom. The number of amides is 1. The predicted molar refractivity (Wildman–Crippen MR) is 123 cm³/mol. The van der Waals surface area contributed by atoms with Crippen molar-refractivity contribution in [3.63, 3.8) is 0 Å². The summed E-state index contributed by atoms with van der Waals surface area (Å²) in [4.78, 5) is 35.5. The van der Waals surface area contributed by atoms with Gasteiger partial charge >= 0.3 is 20.1 Å². The largest absolute Gasteiger partial charge is 0.510 e. The Labute approximate surface area is 222 Å². The molecular weight excluding hydrogens is 557 g/mol. The van der Waals surface area contributed by atoms with Crippen LogP contribution in [0.25, 0.3) is 0 Å². The minimum Gasteiger partial charge on any atom is -0.432 e. The lowest BCUT2D eigenvalue weighted by molar-refractivity contribution is -0.201. The number of phosphoric ester groups is 1. The molecule has 0 unspecified atom stereocenters. The highest BCUT2D eigenvalue weighted by Gasteiger charge is 2.66. The zero-order valence-corrected chi connectivity index (χ0v) is 22.7. The van der Waals surface area contributed by atoms with E-state index in [9.17, 15) is 24.1 Å². The summed E-state index contributed by atoms with van der Waals surface area (Å²) in [6.07, 6.45) is -6.07. The van der Waals surface area contributed by atoms with Crippen LogP contribution < -0.4 is 5.32 Å². The summed E-state index contributed by atoms with van der Waals surface area (Å²) in [5, 5.41) is 13.0. The van der Waals surface area contributed by atoms with Crippen molar-refractivity contribution in [2.45, 2.75) is 70.7 Å². The average molecular weight is 588 g/mol. The molecule has 0 aromatic rings. The van der Waals surface area contributed by atoms with Crippen LogP contribution >= 0.6 is 7.82 Å². The Bertz CT molecular complexity index is 976. The fraction of sp³-hybridized carbons (Fsp3) is 0.667. The summed E-state index contributed by atoms with van der Waals surface area (Å²) in [5.41, 5.74) is -2.55. The lowest BCUT2D eigenvalue weighted by Gasteiger charge is -2.36. The lowest BCUT2D eigenvalue weighted by atomic mass is 9.96. The number of alkyl halides is 2. The highest BCUT2D eigenvalue weighted by molar-refractivity contribution is 7.48. The number of hydrogen-bond acceptors (Lipinski definition) is 14. The predicted octanol–water partition coefficient (Wildman–Crippen LogP) is 2.71. The third-order valence-electron chi connectivity index (χ3n) is 4.78. The van der Waals surface area contributed by atoms with Crippen LogP contribution in [-0.4, -0.2) is 84.5 Å². The quantitative estimate of drug-likeness (QED) is 0.193. The molecule has 222 valence electrons. The standard InChI is InChI=1S/C21H31F2N2O13P/c1-12(2)36-18(27)31-10-34-39(30,35-11-32-19(28)37-13(3)4)33-9-21(23)16(22)20(6,29)17(38-21)25-8-7-15(26)24-14(25)5/h7-8,12-13,16-17,29H,5,9-11H2,1-4,6H3,(H,24,26)/t16-,17+,20+,21+/m0/s1. The van der Waals surface area contributed by atoms with Gasteiger partial charge < -0.3 is 39.0 Å². The van der Waals surface area contributed by atoms with Crippen molar-refractivity contribution in [2.75, 3.05) is 20.2 Å². The van der Waals surface area contributed by atoms with E-state index in [0.29, 0.717) is 0 Å². The number of nitrogens with zero attached hydrogens (tertiary/aromatic N) is 1. The Kier molecular flexibility index (Phi) is 10.8. The third-order valence-corrected chi connectivity index (χ3v) is 6.06. The van der Waals surface area contributed by atoms with Crippen LogP contribution in [0.15, 0.2) is 24.7 Å². The smallest absolute Gasteiger partial charge is 0.432 e. The van der Waals surface area contributed by atoms with E-state index < -0.39 is 82.3 Å². The summed E-state index contributed by atoms with van der Waals surface area (Å²) in [5.74, 6) is -4.19. The van der Waals surface area contributed by atoms with E-state index in [0.717, 1.165) is 24.1 Å². The van der Waals surface area contributed by atoms with Crippen LogP contribution in [0.5, 0.6) is 0 Å². The van der Waals surface area contributed by atoms with Crippen molar-refractivity contribution in [3.8, 4) is 0 Å². The number of halogens is 2. The third kappa shape index (κ3) is 8.84. The normalized spacial score (nSPS) is 27.1. The van der Waals surface area contributed by atoms with Gasteiger partial charge in [0.15, 0.2) is 12.4 Å². The van der Waals surface area contributed by atoms with Crippen LogP contribution in [0, 0.1) is 0 Å². The van der Waals surface area contributed by atoms with Gasteiger partial charge in [-0.25, -0.2) is 32.0 Å². The SMILES string of the molecule is C=C1NC(=O)C=CN1[C@@H]1O[C@](F)(COP(=O)(OCOC(=O)OC(C)C)OCOC(=O)OC(C)C)[C@@H](F)[C@@]1(C)O. The zero-order chi connectivity index (χ0) is 29.6. The van der Waals surface area contributed by atoms with Crippen LogP contribution in [-0.2, 0) is 46.6 Å². The van der Waals surface area contributed by atoms with Gasteiger partial charge in [0.1, 0.15) is 18.0 Å². The summed E-state index contributed by atoms with van der Waals surface area (Å²) >= 11 is 0. The summed E-state index contributed by atoms with van der Waals surface area (Å²) in [6, 6.07) is 0. The Hall–Kier alpha value is -2.82. The first-order valence-electron chi connectivity index (χ1n) is 11.4. The van der Waals surface area contributed by atoms with Crippen LogP contribution in [0.4, 0.5) is 18.4 Å². The molecule has 4 atom stereocenters. The van der Waals surface area contributed by atoms with Crippen molar-refractivity contribution in [2.24, 2.45) is 0 Å². The molecule has 0 aliphatic carbocycles. The molecule has 0 saturated carbocycles. The second-order valence-electron chi connectivity index (χ2n) is 8.84. The second kappa shape index (κ2) is 13.0. The molecule has 18 heteroatoms. The van der Waals surface area contributed by atoms with Gasteiger partial charge in [-0.15, -0.1) is 0 Å². The van der Waals surface area contributed by atoms with Crippen molar-refractivity contribution in [1.82, 2.24) is 10.2 Å². The number of nitrogens with one attached hydrogen (secondary N) is 1. The highest BCUT2D eigenvalue weighted by atomic mass is 31.2. The molecule has 0 aromatic carbocycles. The van der Waals surface area contributed by atoms with E-state index in [-0.39, 0.29) is 5.82 Å². The maximum atomic E-state index is 15.6. The molecule has 0 bridgehead atoms. The first-order chi connectivity index (χ1) is 18.0. The minimum absolute atomic E-state index is 0.154. The van der Waals surface area contributed by atoms with Gasteiger partial charge in [-0.3, -0.25) is 9.32 Å². The molecule has 15 nitrogen and oxygen atoms in total. The number of hydrogen-bond donors (Lipinski definition) is 2. The van der Waals surface area contributed by atoms with Gasteiger partial charge in [0.2, 0.25) is 13.6 Å². The van der Waals surface area contributed by atoms with E-state index in [4.69, 9.17) is 27.8 Å². The fourth-order valence-electron chi connectivity index (χ4n) is 3.09. The van der Waals surface area contributed by atoms with Gasteiger partial charge in [-0.05, 0) is 34.6 Å². The maximum Gasteiger partial charge on any atom is 0.510 e. The fourth-order valence-corrected chi connectivity index (χ4v) is 4.01. The van der Waals surface area contributed by atoms with E-state index in [1.54, 1.807) is 0 Å². The molecule has 0 radical (unpaired) electrons. The van der Waals surface area contributed by atoms with E-state index >= 15 is 8.78 Å². The molecule has 39 heavy (non-hydrogen) atoms. The number of rotatable bonds is 12. The molecule has 2 N–H and O–H groups in total. The van der Waals surface area contributed by atoms with Gasteiger partial charge in [0, 0.05) is 12.3 Å². The van der Waals surface area contributed by atoms with E-state index in [2.05, 4.69) is 21.4 Å². The molecule has 2 aliphatic rings. The van der Waals surface area contributed by atoms with Crippen LogP contribution in [0.1, 0.15) is 34.6 Å². The van der Waals surface area contributed by atoms with Gasteiger partial charge in [-0.1, -0.05) is 6.58 Å². The van der Waals surface area contributed by atoms with Gasteiger partial charge in [-0.2, -0.15) is 0 Å². The molecule has 2 heterocycles. The Morgan fingerprint density at radius 1 is 1.15 bits per heavy atom. The molecule has 1 amide bonds. The molecular formula is C21H31F2N2O13P. The average Bonchev–Trinajstić information content (AvgIpc) is 2.97. The topological polar surface area (TPSA) is 178 Å². The van der Waals surface area contributed by atoms with Crippen LogP contribution in [0.2, 0.25) is 0 Å². The highest BCUT2D eigenvalue weighted by Crippen LogP contribution is 2.52. The summed E-state index contributed by atoms with van der Waals surface area (Å²) in [7, 11) is -4.97. The molecule has 1 fully saturated rings. The number of ether oxygens (including phenoxy) is 5. The van der Waals surface area contributed by atoms with Crippen molar-refractivity contribution < 1.29 is 70.1 Å². The van der Waals surface area contributed by atoms with E-state index in [1.165, 1.54) is 27.7 Å². The van der Waals surface area contributed by atoms with Crippen molar-refractivity contribution in [1.29, 1.82) is 0 Å². The number of phosphoric acid groups is 1.